The van der Waals surface area contributed by atoms with Crippen LogP contribution in [0.2, 0.25) is 0 Å². The first-order chi connectivity index (χ1) is 20.3. The monoisotopic (exact) mass is 577 g/mol. The van der Waals surface area contributed by atoms with Crippen LogP contribution < -0.4 is 22.3 Å². The van der Waals surface area contributed by atoms with Crippen LogP contribution in [-0.4, -0.2) is 36.5 Å². The molecule has 0 aliphatic rings. The molecule has 7 nitrogen and oxygen atoms in total. The van der Waals surface area contributed by atoms with Gasteiger partial charge in [-0.1, -0.05) is 91.0 Å². The molecule has 0 radical (unpaired) electrons. The minimum atomic E-state index is -0.288. The van der Waals surface area contributed by atoms with E-state index in [1.807, 2.05) is 18.2 Å². The Morgan fingerprint density at radius 2 is 1.55 bits per heavy atom. The van der Waals surface area contributed by atoms with E-state index in [2.05, 4.69) is 97.5 Å². The van der Waals surface area contributed by atoms with Gasteiger partial charge in [0.1, 0.15) is 5.82 Å². The lowest BCUT2D eigenvalue weighted by molar-refractivity contribution is -0.121. The average molecular weight is 578 g/mol. The summed E-state index contributed by atoms with van der Waals surface area (Å²) >= 11 is 0. The minimum absolute atomic E-state index is 0.0617. The number of amides is 1. The average Bonchev–Trinajstić information content (AvgIpc) is 3.00. The number of aryl methyl sites for hydroxylation is 2. The first kappa shape index (κ1) is 36.0. The number of ether oxygens (including phenoxy) is 1. The zero-order valence-electron chi connectivity index (χ0n) is 25.3. The van der Waals surface area contributed by atoms with Crippen molar-refractivity contribution in [1.82, 2.24) is 15.5 Å². The standard InChI is InChI=1S/C27H36FN3O2.C7H8.H4N2/c1-5-29-22(3)19-31(16-17-33-20-25-9-6-21(2)7-10-25)23(4)8-15-27(32)30-18-24-11-13-26(28)14-12-24;1-7-5-3-2-4-6-7;1-2/h5-7,9-14,22,29H,1,4,8,15-20H2,2-3H3,(H,30,32);2-6H,1H3;1-2H2. The number of hydrazine groups is 1. The Hall–Kier alpha value is -3.98. The van der Waals surface area contributed by atoms with Crippen molar-refractivity contribution in [3.8, 4) is 0 Å². The van der Waals surface area contributed by atoms with Crippen molar-refractivity contribution in [1.29, 1.82) is 0 Å². The first-order valence-corrected chi connectivity index (χ1v) is 14.1. The number of carbonyl (C=O) groups excluding carboxylic acids is 1. The Morgan fingerprint density at radius 3 is 2.12 bits per heavy atom. The molecule has 0 saturated carbocycles. The number of nitrogens with one attached hydrogen (secondary N) is 2. The van der Waals surface area contributed by atoms with Crippen molar-refractivity contribution < 1.29 is 13.9 Å². The quantitative estimate of drug-likeness (QED) is 0.108. The van der Waals surface area contributed by atoms with Gasteiger partial charge in [0, 0.05) is 37.8 Å². The number of nitrogens with zero attached hydrogens (tertiary/aromatic N) is 1. The van der Waals surface area contributed by atoms with Crippen molar-refractivity contribution in [2.24, 2.45) is 11.7 Å². The molecule has 0 fully saturated rings. The number of nitrogens with two attached hydrogens (primary N) is 2. The minimum Gasteiger partial charge on any atom is -0.387 e. The normalized spacial score (nSPS) is 10.6. The van der Waals surface area contributed by atoms with Gasteiger partial charge in [0.05, 0.1) is 13.2 Å². The van der Waals surface area contributed by atoms with Crippen LogP contribution in [0.4, 0.5) is 4.39 Å². The molecule has 1 amide bonds. The second-order valence-electron chi connectivity index (χ2n) is 9.88. The zero-order valence-corrected chi connectivity index (χ0v) is 25.3. The highest BCUT2D eigenvalue weighted by Crippen LogP contribution is 2.12. The molecular weight excluding hydrogens is 529 g/mol. The van der Waals surface area contributed by atoms with Gasteiger partial charge >= 0.3 is 0 Å². The predicted molar refractivity (Wildman–Crippen MR) is 171 cm³/mol. The van der Waals surface area contributed by atoms with Crippen LogP contribution in [0.3, 0.4) is 0 Å². The van der Waals surface area contributed by atoms with E-state index >= 15 is 0 Å². The van der Waals surface area contributed by atoms with E-state index in [9.17, 15) is 9.18 Å². The maximum absolute atomic E-state index is 13.0. The smallest absolute Gasteiger partial charge is 0.220 e. The van der Waals surface area contributed by atoms with Crippen LogP contribution in [0.5, 0.6) is 0 Å². The third-order valence-corrected chi connectivity index (χ3v) is 6.22. The molecule has 1 unspecified atom stereocenters. The number of carbonyl (C=O) groups is 1. The van der Waals surface area contributed by atoms with Crippen LogP contribution in [0, 0.1) is 19.7 Å². The molecule has 3 aromatic rings. The molecule has 6 N–H and O–H groups in total. The number of hydrogen-bond donors (Lipinski definition) is 4. The van der Waals surface area contributed by atoms with E-state index in [4.69, 9.17) is 4.74 Å². The van der Waals surface area contributed by atoms with Gasteiger partial charge in [0.2, 0.25) is 5.91 Å². The van der Waals surface area contributed by atoms with Crippen molar-refractivity contribution >= 4 is 5.91 Å². The topological polar surface area (TPSA) is 106 Å². The van der Waals surface area contributed by atoms with E-state index < -0.39 is 0 Å². The molecule has 0 spiro atoms. The van der Waals surface area contributed by atoms with Gasteiger partial charge in [-0.15, -0.1) is 0 Å². The van der Waals surface area contributed by atoms with Crippen LogP contribution in [0.25, 0.3) is 0 Å². The molecule has 0 saturated heterocycles. The van der Waals surface area contributed by atoms with E-state index in [0.717, 1.165) is 23.4 Å². The lowest BCUT2D eigenvalue weighted by Crippen LogP contribution is -2.38. The van der Waals surface area contributed by atoms with Gasteiger partial charge in [-0.05, 0) is 56.7 Å². The highest BCUT2D eigenvalue weighted by Gasteiger charge is 2.13. The summed E-state index contributed by atoms with van der Waals surface area (Å²) in [6.45, 7) is 17.1. The second kappa shape index (κ2) is 21.7. The SMILES string of the molecule is C=CNC(C)CN(CCOCc1ccc(C)cc1)C(=C)CCC(=O)NCc1ccc(F)cc1.Cc1ccccc1.NN. The molecule has 3 aromatic carbocycles. The fourth-order valence-electron chi connectivity index (χ4n) is 3.85. The molecule has 0 aromatic heterocycles. The molecular formula is C34H48FN5O2. The molecule has 0 heterocycles. The summed E-state index contributed by atoms with van der Waals surface area (Å²) < 4.78 is 18.9. The van der Waals surface area contributed by atoms with Gasteiger partial charge in [-0.25, -0.2) is 4.39 Å². The van der Waals surface area contributed by atoms with Crippen LogP contribution in [0.15, 0.2) is 104 Å². The number of benzene rings is 3. The summed E-state index contributed by atoms with van der Waals surface area (Å²) in [4.78, 5) is 14.4. The zero-order chi connectivity index (χ0) is 31.2. The van der Waals surface area contributed by atoms with Gasteiger partial charge in [0.15, 0.2) is 0 Å². The fourth-order valence-corrected chi connectivity index (χ4v) is 3.85. The predicted octanol–water partition coefficient (Wildman–Crippen LogP) is 5.50. The summed E-state index contributed by atoms with van der Waals surface area (Å²) in [5.41, 5.74) is 5.45. The van der Waals surface area contributed by atoms with Gasteiger partial charge < -0.3 is 20.3 Å². The van der Waals surface area contributed by atoms with Crippen LogP contribution in [0.1, 0.15) is 42.0 Å². The van der Waals surface area contributed by atoms with E-state index in [1.165, 1.54) is 23.3 Å². The maximum atomic E-state index is 13.0. The van der Waals surface area contributed by atoms with E-state index in [0.29, 0.717) is 39.1 Å². The Morgan fingerprint density at radius 1 is 0.952 bits per heavy atom. The fraction of sp³-hybridized carbons (Fsp3) is 0.324. The molecule has 3 rings (SSSR count). The molecule has 8 heteroatoms. The van der Waals surface area contributed by atoms with Gasteiger partial charge in [-0.3, -0.25) is 16.5 Å². The summed E-state index contributed by atoms with van der Waals surface area (Å²) in [5.74, 6) is 7.65. The summed E-state index contributed by atoms with van der Waals surface area (Å²) in [7, 11) is 0. The summed E-state index contributed by atoms with van der Waals surface area (Å²) in [5, 5.41) is 6.07. The summed E-state index contributed by atoms with van der Waals surface area (Å²) in [6.07, 6.45) is 2.57. The molecule has 42 heavy (non-hydrogen) atoms. The first-order valence-electron chi connectivity index (χ1n) is 14.1. The Balaban J connectivity index is 0.000000841. The number of rotatable bonds is 15. The largest absolute Gasteiger partial charge is 0.387 e. The Kier molecular flexibility index (Phi) is 18.6. The molecule has 1 atom stereocenters. The van der Waals surface area contributed by atoms with Gasteiger partial charge in [-0.2, -0.15) is 0 Å². The highest BCUT2D eigenvalue weighted by molar-refractivity contribution is 5.76. The van der Waals surface area contributed by atoms with E-state index in [-0.39, 0.29) is 17.8 Å². The van der Waals surface area contributed by atoms with Crippen molar-refractivity contribution in [2.45, 2.75) is 52.8 Å². The van der Waals surface area contributed by atoms with Crippen molar-refractivity contribution in [3.05, 3.63) is 132 Å². The molecule has 0 aliphatic heterocycles. The van der Waals surface area contributed by atoms with Crippen LogP contribution >= 0.6 is 0 Å². The van der Waals surface area contributed by atoms with Gasteiger partial charge in [0.25, 0.3) is 0 Å². The molecule has 228 valence electrons. The molecule has 0 bridgehead atoms. The Labute approximate surface area is 251 Å². The van der Waals surface area contributed by atoms with Crippen molar-refractivity contribution in [3.63, 3.8) is 0 Å². The summed E-state index contributed by atoms with van der Waals surface area (Å²) in [6, 6.07) is 24.9. The van der Waals surface area contributed by atoms with Crippen LogP contribution in [-0.2, 0) is 22.7 Å². The Bertz CT molecular complexity index is 1150. The van der Waals surface area contributed by atoms with Crippen molar-refractivity contribution in [2.75, 3.05) is 19.7 Å². The highest BCUT2D eigenvalue weighted by atomic mass is 19.1. The molecule has 0 aliphatic carbocycles. The third kappa shape index (κ3) is 16.3. The number of halogens is 1. The number of allylic oxidation sites excluding steroid dienone is 1. The van der Waals surface area contributed by atoms with E-state index in [1.54, 1.807) is 18.3 Å². The maximum Gasteiger partial charge on any atom is 0.220 e. The number of hydrogen-bond acceptors (Lipinski definition) is 6. The third-order valence-electron chi connectivity index (χ3n) is 6.22. The second-order valence-corrected chi connectivity index (χ2v) is 9.88. The lowest BCUT2D eigenvalue weighted by Gasteiger charge is -2.29. The lowest BCUT2D eigenvalue weighted by atomic mass is 10.2.